The van der Waals surface area contributed by atoms with E-state index in [1.165, 1.54) is 12.8 Å². The van der Waals surface area contributed by atoms with Gasteiger partial charge in [-0.15, -0.1) is 24.8 Å². The van der Waals surface area contributed by atoms with Gasteiger partial charge in [0.25, 0.3) is 0 Å². The molecule has 0 spiro atoms. The summed E-state index contributed by atoms with van der Waals surface area (Å²) in [5, 5.41) is 0. The highest BCUT2D eigenvalue weighted by molar-refractivity contribution is 5.85. The quantitative estimate of drug-likeness (QED) is 0.812. The lowest BCUT2D eigenvalue weighted by Crippen LogP contribution is -2.33. The molecule has 2 rings (SSSR count). The Hall–Kier alpha value is -0.310. The van der Waals surface area contributed by atoms with Gasteiger partial charge in [0, 0.05) is 6.20 Å². The van der Waals surface area contributed by atoms with E-state index in [1.54, 1.807) is 0 Å². The fraction of sp³-hybridized carbons (Fsp3) is 0.500. The summed E-state index contributed by atoms with van der Waals surface area (Å²) >= 11 is 0. The summed E-state index contributed by atoms with van der Waals surface area (Å²) in [4.78, 5) is 4.31. The lowest BCUT2D eigenvalue weighted by molar-refractivity contribution is 0.447. The van der Waals surface area contributed by atoms with E-state index < -0.39 is 0 Å². The third-order valence-electron chi connectivity index (χ3n) is 2.67. The Balaban J connectivity index is 0.000000845. The Bertz CT molecular complexity index is 258. The molecule has 0 bridgehead atoms. The van der Waals surface area contributed by atoms with E-state index in [4.69, 9.17) is 5.73 Å². The molecule has 0 radical (unpaired) electrons. The maximum Gasteiger partial charge on any atom is 0.0602 e. The zero-order valence-electron chi connectivity index (χ0n) is 7.98. The minimum atomic E-state index is -0.124. The van der Waals surface area contributed by atoms with Crippen LogP contribution < -0.4 is 5.73 Å². The third kappa shape index (κ3) is 2.59. The van der Waals surface area contributed by atoms with E-state index in [0.717, 1.165) is 18.5 Å². The maximum absolute atomic E-state index is 6.22. The van der Waals surface area contributed by atoms with Crippen molar-refractivity contribution >= 4 is 24.8 Å². The van der Waals surface area contributed by atoms with Crippen molar-refractivity contribution in [3.8, 4) is 0 Å². The SMILES string of the molecule is Cl.Cl.NC1(c2ccccn2)CCCC1. The van der Waals surface area contributed by atoms with E-state index >= 15 is 0 Å². The summed E-state index contributed by atoms with van der Waals surface area (Å²) in [5.41, 5.74) is 7.15. The molecule has 1 aliphatic rings. The van der Waals surface area contributed by atoms with Crippen LogP contribution >= 0.6 is 24.8 Å². The van der Waals surface area contributed by atoms with Crippen LogP contribution in [0.3, 0.4) is 0 Å². The maximum atomic E-state index is 6.22. The highest BCUT2D eigenvalue weighted by Gasteiger charge is 2.31. The van der Waals surface area contributed by atoms with Crippen molar-refractivity contribution in [3.05, 3.63) is 30.1 Å². The lowest BCUT2D eigenvalue weighted by atomic mass is 9.94. The Morgan fingerprint density at radius 2 is 1.79 bits per heavy atom. The third-order valence-corrected chi connectivity index (χ3v) is 2.67. The van der Waals surface area contributed by atoms with Gasteiger partial charge in [-0.2, -0.15) is 0 Å². The molecular weight excluding hydrogens is 219 g/mol. The second kappa shape index (κ2) is 5.54. The minimum absolute atomic E-state index is 0. The van der Waals surface area contributed by atoms with Crippen LogP contribution in [-0.4, -0.2) is 4.98 Å². The summed E-state index contributed by atoms with van der Waals surface area (Å²) in [5.74, 6) is 0. The van der Waals surface area contributed by atoms with Crippen molar-refractivity contribution < 1.29 is 0 Å². The molecule has 0 aromatic carbocycles. The molecule has 0 aliphatic heterocycles. The topological polar surface area (TPSA) is 38.9 Å². The largest absolute Gasteiger partial charge is 0.320 e. The van der Waals surface area contributed by atoms with E-state index in [9.17, 15) is 0 Å². The molecule has 80 valence electrons. The molecular formula is C10H16Cl2N2. The van der Waals surface area contributed by atoms with Crippen LogP contribution in [0.4, 0.5) is 0 Å². The van der Waals surface area contributed by atoms with Crippen LogP contribution in [-0.2, 0) is 5.54 Å². The van der Waals surface area contributed by atoms with E-state index in [1.807, 2.05) is 24.4 Å². The van der Waals surface area contributed by atoms with Gasteiger partial charge < -0.3 is 5.73 Å². The molecule has 1 fully saturated rings. The van der Waals surface area contributed by atoms with Crippen molar-refractivity contribution in [2.45, 2.75) is 31.2 Å². The number of halogens is 2. The van der Waals surface area contributed by atoms with Gasteiger partial charge in [-0.05, 0) is 25.0 Å². The van der Waals surface area contributed by atoms with Crippen LogP contribution in [0.25, 0.3) is 0 Å². The summed E-state index contributed by atoms with van der Waals surface area (Å²) in [6, 6.07) is 5.97. The average Bonchev–Trinajstić information content (AvgIpc) is 2.55. The van der Waals surface area contributed by atoms with Gasteiger partial charge in [-0.1, -0.05) is 18.9 Å². The first-order chi connectivity index (χ1) is 5.81. The van der Waals surface area contributed by atoms with E-state index in [0.29, 0.717) is 0 Å². The number of rotatable bonds is 1. The Kier molecular flexibility index (Phi) is 5.42. The van der Waals surface area contributed by atoms with Gasteiger partial charge >= 0.3 is 0 Å². The molecule has 2 nitrogen and oxygen atoms in total. The van der Waals surface area contributed by atoms with Crippen LogP contribution in [0.15, 0.2) is 24.4 Å². The highest BCUT2D eigenvalue weighted by atomic mass is 35.5. The number of hydrogen-bond donors (Lipinski definition) is 1. The van der Waals surface area contributed by atoms with Gasteiger partial charge in [0.05, 0.1) is 11.2 Å². The number of nitrogens with zero attached hydrogens (tertiary/aromatic N) is 1. The molecule has 1 heterocycles. The molecule has 1 aliphatic carbocycles. The van der Waals surface area contributed by atoms with Crippen LogP contribution in [0, 0.1) is 0 Å². The van der Waals surface area contributed by atoms with Crippen LogP contribution in [0.2, 0.25) is 0 Å². The Labute approximate surface area is 97.1 Å². The van der Waals surface area contributed by atoms with E-state index in [-0.39, 0.29) is 30.4 Å². The number of nitrogens with two attached hydrogens (primary N) is 1. The Morgan fingerprint density at radius 1 is 1.14 bits per heavy atom. The van der Waals surface area contributed by atoms with Crippen molar-refractivity contribution in [1.82, 2.24) is 4.98 Å². The molecule has 0 unspecified atom stereocenters. The first-order valence-electron chi connectivity index (χ1n) is 4.52. The fourth-order valence-electron chi connectivity index (χ4n) is 1.92. The molecule has 1 saturated carbocycles. The minimum Gasteiger partial charge on any atom is -0.320 e. The second-order valence-electron chi connectivity index (χ2n) is 3.58. The van der Waals surface area contributed by atoms with Gasteiger partial charge in [0.1, 0.15) is 0 Å². The molecule has 1 aromatic rings. The van der Waals surface area contributed by atoms with Gasteiger partial charge in [-0.3, -0.25) is 4.98 Å². The van der Waals surface area contributed by atoms with Crippen molar-refractivity contribution in [3.63, 3.8) is 0 Å². The summed E-state index contributed by atoms with van der Waals surface area (Å²) in [6.45, 7) is 0. The lowest BCUT2D eigenvalue weighted by Gasteiger charge is -2.22. The zero-order valence-corrected chi connectivity index (χ0v) is 9.61. The second-order valence-corrected chi connectivity index (χ2v) is 3.58. The highest BCUT2D eigenvalue weighted by Crippen LogP contribution is 2.34. The molecule has 0 amide bonds. The van der Waals surface area contributed by atoms with Gasteiger partial charge in [-0.25, -0.2) is 0 Å². The number of hydrogen-bond acceptors (Lipinski definition) is 2. The summed E-state index contributed by atoms with van der Waals surface area (Å²) < 4.78 is 0. The predicted molar refractivity (Wildman–Crippen MR) is 63.1 cm³/mol. The van der Waals surface area contributed by atoms with Gasteiger partial charge in [0.15, 0.2) is 0 Å². The first-order valence-corrected chi connectivity index (χ1v) is 4.52. The van der Waals surface area contributed by atoms with Crippen LogP contribution in [0.5, 0.6) is 0 Å². The molecule has 1 aromatic heterocycles. The fourth-order valence-corrected chi connectivity index (χ4v) is 1.92. The monoisotopic (exact) mass is 234 g/mol. The summed E-state index contributed by atoms with van der Waals surface area (Å²) in [7, 11) is 0. The molecule has 0 saturated heterocycles. The summed E-state index contributed by atoms with van der Waals surface area (Å²) in [6.07, 6.45) is 6.48. The van der Waals surface area contributed by atoms with E-state index in [2.05, 4.69) is 4.98 Å². The number of pyridine rings is 1. The number of aromatic nitrogens is 1. The molecule has 2 N–H and O–H groups in total. The van der Waals surface area contributed by atoms with Crippen LogP contribution in [0.1, 0.15) is 31.4 Å². The first kappa shape index (κ1) is 13.7. The normalized spacial score (nSPS) is 18.1. The molecule has 0 atom stereocenters. The average molecular weight is 235 g/mol. The van der Waals surface area contributed by atoms with Crippen molar-refractivity contribution in [2.75, 3.05) is 0 Å². The molecule has 14 heavy (non-hydrogen) atoms. The van der Waals surface area contributed by atoms with Gasteiger partial charge in [0.2, 0.25) is 0 Å². The standard InChI is InChI=1S/C10H14N2.2ClH/c11-10(6-2-3-7-10)9-5-1-4-8-12-9;;/h1,4-5,8H,2-3,6-7,11H2;2*1H. The predicted octanol–water partition coefficient (Wildman–Crippen LogP) is 2.65. The van der Waals surface area contributed by atoms with Crippen molar-refractivity contribution in [2.24, 2.45) is 5.73 Å². The molecule has 4 heteroatoms. The van der Waals surface area contributed by atoms with Crippen molar-refractivity contribution in [1.29, 1.82) is 0 Å². The smallest absolute Gasteiger partial charge is 0.0602 e. The zero-order chi connectivity index (χ0) is 8.44. The Morgan fingerprint density at radius 3 is 2.29 bits per heavy atom.